The Labute approximate surface area is 218 Å². The molecule has 0 bridgehead atoms. The minimum absolute atomic E-state index is 0.0231. The number of halogens is 1. The maximum absolute atomic E-state index is 15.0. The number of rotatable bonds is 8. The SMILES string of the molecule is Cc1cc(Oc2ccc(F)c3c2CCC3Oc2ccc3c(c2)OCC3CC(=O)O)ccc1C=PC(C)C. The lowest BCUT2D eigenvalue weighted by Crippen LogP contribution is -2.07. The maximum Gasteiger partial charge on any atom is 0.304 e. The van der Waals surface area contributed by atoms with Crippen molar-refractivity contribution in [2.75, 3.05) is 6.61 Å². The van der Waals surface area contributed by atoms with Gasteiger partial charge in [-0.1, -0.05) is 26.0 Å². The number of hydrogen-bond donors (Lipinski definition) is 1. The van der Waals surface area contributed by atoms with Gasteiger partial charge in [0.05, 0.1) is 13.0 Å². The second kappa shape index (κ2) is 10.5. The van der Waals surface area contributed by atoms with Crippen LogP contribution in [-0.4, -0.2) is 29.1 Å². The van der Waals surface area contributed by atoms with Gasteiger partial charge in [-0.3, -0.25) is 4.79 Å². The predicted molar refractivity (Wildman–Crippen MR) is 143 cm³/mol. The molecule has 0 spiro atoms. The van der Waals surface area contributed by atoms with Crippen molar-refractivity contribution >= 4 is 20.0 Å². The van der Waals surface area contributed by atoms with E-state index in [1.54, 1.807) is 18.2 Å². The Morgan fingerprint density at radius 2 is 2.00 bits per heavy atom. The van der Waals surface area contributed by atoms with E-state index in [1.165, 1.54) is 19.8 Å². The van der Waals surface area contributed by atoms with Crippen LogP contribution < -0.4 is 14.2 Å². The number of aryl methyl sites for hydroxylation is 1. The van der Waals surface area contributed by atoms with Crippen molar-refractivity contribution in [1.29, 1.82) is 0 Å². The summed E-state index contributed by atoms with van der Waals surface area (Å²) in [6, 6.07) is 14.6. The molecule has 7 heteroatoms. The molecule has 2 unspecified atom stereocenters. The second-order valence-corrected chi connectivity index (χ2v) is 11.5. The van der Waals surface area contributed by atoms with Crippen LogP contribution >= 0.6 is 8.20 Å². The number of aliphatic carboxylic acids is 1. The molecule has 5 nitrogen and oxygen atoms in total. The van der Waals surface area contributed by atoms with Gasteiger partial charge in [0.25, 0.3) is 0 Å². The average molecular weight is 521 g/mol. The first-order valence-electron chi connectivity index (χ1n) is 12.6. The lowest BCUT2D eigenvalue weighted by atomic mass is 9.98. The molecule has 0 fully saturated rings. The third-order valence-electron chi connectivity index (χ3n) is 6.78. The summed E-state index contributed by atoms with van der Waals surface area (Å²) in [6.07, 6.45) is 0.859. The lowest BCUT2D eigenvalue weighted by molar-refractivity contribution is -0.137. The second-order valence-electron chi connectivity index (χ2n) is 9.88. The molecule has 0 amide bonds. The van der Waals surface area contributed by atoms with Gasteiger partial charge in [0.1, 0.15) is 34.9 Å². The molecule has 0 radical (unpaired) electrons. The maximum atomic E-state index is 15.0. The summed E-state index contributed by atoms with van der Waals surface area (Å²) < 4.78 is 33.1. The number of ether oxygens (including phenoxy) is 3. The highest BCUT2D eigenvalue weighted by Crippen LogP contribution is 2.44. The van der Waals surface area contributed by atoms with Crippen molar-refractivity contribution in [3.8, 4) is 23.0 Å². The Kier molecular flexibility index (Phi) is 7.21. The van der Waals surface area contributed by atoms with Crippen LogP contribution in [0.2, 0.25) is 0 Å². The molecule has 0 saturated carbocycles. The van der Waals surface area contributed by atoms with E-state index < -0.39 is 12.1 Å². The van der Waals surface area contributed by atoms with Crippen LogP contribution in [0.25, 0.3) is 0 Å². The van der Waals surface area contributed by atoms with Crippen LogP contribution in [0.1, 0.15) is 66.5 Å². The van der Waals surface area contributed by atoms with Gasteiger partial charge in [0, 0.05) is 28.7 Å². The zero-order valence-corrected chi connectivity index (χ0v) is 22.1. The molecule has 5 rings (SSSR count). The van der Waals surface area contributed by atoms with E-state index in [9.17, 15) is 4.79 Å². The fraction of sp³-hybridized carbons (Fsp3) is 0.333. The average Bonchev–Trinajstić information content (AvgIpc) is 3.45. The summed E-state index contributed by atoms with van der Waals surface area (Å²) in [5, 5.41) is 9.12. The number of fused-ring (bicyclic) bond motifs is 2. The molecule has 0 saturated heterocycles. The van der Waals surface area contributed by atoms with Crippen molar-refractivity contribution in [2.45, 2.75) is 57.7 Å². The third kappa shape index (κ3) is 5.50. The van der Waals surface area contributed by atoms with Gasteiger partial charge < -0.3 is 19.3 Å². The first kappa shape index (κ1) is 25.3. The number of carboxylic acid groups (broad SMARTS) is 1. The standard InChI is InChI=1S/C30H30FO5P/c1-17(2)37-16-19-4-5-21(12-18(19)3)35-26-11-9-25(31)30-24(26)8-10-27(30)36-22-6-7-23-20(13-29(32)33)15-34-28(23)14-22/h4-7,9,11-12,14,16-17,20,27H,8,10,13,15H2,1-3H3,(H,32,33). The van der Waals surface area contributed by atoms with Crippen molar-refractivity contribution < 1.29 is 28.5 Å². The van der Waals surface area contributed by atoms with Crippen molar-refractivity contribution in [3.63, 3.8) is 0 Å². The Bertz CT molecular complexity index is 1370. The van der Waals surface area contributed by atoms with Crippen LogP contribution in [0, 0.1) is 12.7 Å². The largest absolute Gasteiger partial charge is 0.492 e. The monoisotopic (exact) mass is 520 g/mol. The molecule has 3 aromatic rings. The van der Waals surface area contributed by atoms with Crippen molar-refractivity contribution in [2.24, 2.45) is 0 Å². The summed E-state index contributed by atoms with van der Waals surface area (Å²) in [5.74, 6) is 3.46. The molecule has 2 atom stereocenters. The highest BCUT2D eigenvalue weighted by molar-refractivity contribution is 7.39. The van der Waals surface area contributed by atoms with Gasteiger partial charge in [0.15, 0.2) is 0 Å². The summed E-state index contributed by atoms with van der Waals surface area (Å²) in [5.41, 5.74) is 5.12. The first-order chi connectivity index (χ1) is 17.8. The van der Waals surface area contributed by atoms with Crippen molar-refractivity contribution in [3.05, 3.63) is 82.2 Å². The molecule has 0 aromatic heterocycles. The van der Waals surface area contributed by atoms with Crippen LogP contribution in [0.5, 0.6) is 23.0 Å². The molecule has 37 heavy (non-hydrogen) atoms. The van der Waals surface area contributed by atoms with Gasteiger partial charge in [-0.2, -0.15) is 0 Å². The summed E-state index contributed by atoms with van der Waals surface area (Å²) >= 11 is 0. The van der Waals surface area contributed by atoms with E-state index in [-0.39, 0.29) is 18.2 Å². The highest BCUT2D eigenvalue weighted by atomic mass is 31.1. The van der Waals surface area contributed by atoms with E-state index >= 15 is 4.39 Å². The van der Waals surface area contributed by atoms with Crippen LogP contribution in [0.15, 0.2) is 48.5 Å². The van der Waals surface area contributed by atoms with Gasteiger partial charge >= 0.3 is 5.97 Å². The Morgan fingerprint density at radius 1 is 1.19 bits per heavy atom. The van der Waals surface area contributed by atoms with Gasteiger partial charge in [0.2, 0.25) is 0 Å². The topological polar surface area (TPSA) is 65.0 Å². The summed E-state index contributed by atoms with van der Waals surface area (Å²) in [7, 11) is 1.28. The summed E-state index contributed by atoms with van der Waals surface area (Å²) in [6.45, 7) is 6.78. The van der Waals surface area contributed by atoms with Crippen LogP contribution in [0.4, 0.5) is 4.39 Å². The third-order valence-corrected chi connectivity index (χ3v) is 7.81. The molecule has 1 N–H and O–H groups in total. The normalized spacial score (nSPS) is 18.1. The van der Waals surface area contributed by atoms with E-state index in [0.717, 1.165) is 22.4 Å². The molecule has 1 heterocycles. The van der Waals surface area contributed by atoms with Crippen LogP contribution in [0.3, 0.4) is 0 Å². The zero-order valence-electron chi connectivity index (χ0n) is 21.2. The number of hydrogen-bond acceptors (Lipinski definition) is 4. The fourth-order valence-electron chi connectivity index (χ4n) is 4.94. The van der Waals surface area contributed by atoms with Gasteiger partial charge in [-0.25, -0.2) is 4.39 Å². The molecule has 2 aliphatic rings. The Balaban J connectivity index is 1.34. The number of benzene rings is 3. The fourth-order valence-corrected chi connectivity index (χ4v) is 5.69. The van der Waals surface area contributed by atoms with Crippen molar-refractivity contribution in [1.82, 2.24) is 0 Å². The Hall–Kier alpha value is -3.37. The van der Waals surface area contributed by atoms with Crippen LogP contribution in [-0.2, 0) is 11.2 Å². The molecular weight excluding hydrogens is 490 g/mol. The zero-order chi connectivity index (χ0) is 26.1. The van der Waals surface area contributed by atoms with E-state index in [2.05, 4.69) is 32.6 Å². The van der Waals surface area contributed by atoms with Gasteiger partial charge in [-0.15, -0.1) is 8.20 Å². The van der Waals surface area contributed by atoms with E-state index in [4.69, 9.17) is 19.3 Å². The predicted octanol–water partition coefficient (Wildman–Crippen LogP) is 7.45. The number of carboxylic acids is 1. The van der Waals surface area contributed by atoms with Gasteiger partial charge in [-0.05, 0) is 72.7 Å². The lowest BCUT2D eigenvalue weighted by Gasteiger charge is -2.17. The molecule has 192 valence electrons. The summed E-state index contributed by atoms with van der Waals surface area (Å²) in [4.78, 5) is 11.1. The van der Waals surface area contributed by atoms with E-state index in [1.807, 2.05) is 18.2 Å². The minimum Gasteiger partial charge on any atom is -0.492 e. The van der Waals surface area contributed by atoms with E-state index in [0.29, 0.717) is 47.9 Å². The molecular formula is C30H30FO5P. The first-order valence-corrected chi connectivity index (χ1v) is 13.6. The smallest absolute Gasteiger partial charge is 0.304 e. The highest BCUT2D eigenvalue weighted by Gasteiger charge is 2.32. The minimum atomic E-state index is -0.854. The molecule has 1 aliphatic heterocycles. The molecule has 3 aromatic carbocycles. The quantitative estimate of drug-likeness (QED) is 0.313. The Morgan fingerprint density at radius 3 is 2.76 bits per heavy atom. The number of carbonyl (C=O) groups is 1. The molecule has 1 aliphatic carbocycles.